The highest BCUT2D eigenvalue weighted by molar-refractivity contribution is 7.98. The van der Waals surface area contributed by atoms with Crippen molar-refractivity contribution in [2.75, 3.05) is 17.3 Å². The first kappa shape index (κ1) is 12.1. The summed E-state index contributed by atoms with van der Waals surface area (Å²) in [5, 5.41) is 3.90. The zero-order valence-electron chi connectivity index (χ0n) is 9.60. The standard InChI is InChI=1S/C10H13N5S2/c1-6-7(17-5-13-6)4-12-9-3-8(11)14-10(15-9)16-2/h3,5H,4H2,1-2H3,(H3,11,12,14,15). The third-order valence-electron chi connectivity index (χ3n) is 2.18. The first-order valence-corrected chi connectivity index (χ1v) is 7.11. The molecule has 0 aliphatic carbocycles. The maximum Gasteiger partial charge on any atom is 0.191 e. The van der Waals surface area contributed by atoms with E-state index in [2.05, 4.69) is 20.3 Å². The van der Waals surface area contributed by atoms with Crippen LogP contribution in [-0.4, -0.2) is 21.2 Å². The van der Waals surface area contributed by atoms with E-state index in [1.165, 1.54) is 16.6 Å². The molecule has 3 N–H and O–H groups in total. The highest BCUT2D eigenvalue weighted by Gasteiger charge is 2.04. The second kappa shape index (κ2) is 5.33. The Bertz CT molecular complexity index is 511. The molecule has 0 atom stereocenters. The lowest BCUT2D eigenvalue weighted by molar-refractivity contribution is 0.964. The summed E-state index contributed by atoms with van der Waals surface area (Å²) in [5.41, 5.74) is 8.59. The van der Waals surface area contributed by atoms with Gasteiger partial charge in [0.1, 0.15) is 11.6 Å². The van der Waals surface area contributed by atoms with E-state index in [9.17, 15) is 0 Å². The van der Waals surface area contributed by atoms with Gasteiger partial charge in [-0.3, -0.25) is 0 Å². The van der Waals surface area contributed by atoms with Crippen LogP contribution in [0.2, 0.25) is 0 Å². The fourth-order valence-corrected chi connectivity index (χ4v) is 2.39. The third-order valence-corrected chi connectivity index (χ3v) is 3.67. The number of thioether (sulfide) groups is 1. The summed E-state index contributed by atoms with van der Waals surface area (Å²) in [5.74, 6) is 1.22. The summed E-state index contributed by atoms with van der Waals surface area (Å²) in [6.45, 7) is 2.70. The van der Waals surface area contributed by atoms with Crippen LogP contribution in [0, 0.1) is 6.92 Å². The Balaban J connectivity index is 2.09. The molecular formula is C10H13N5S2. The minimum absolute atomic E-state index is 0.480. The van der Waals surface area contributed by atoms with E-state index in [1.54, 1.807) is 17.4 Å². The highest BCUT2D eigenvalue weighted by Crippen LogP contribution is 2.17. The lowest BCUT2D eigenvalue weighted by Crippen LogP contribution is -2.04. The number of nitrogens with two attached hydrogens (primary N) is 1. The normalized spacial score (nSPS) is 10.5. The molecule has 0 bridgehead atoms. The largest absolute Gasteiger partial charge is 0.383 e. The smallest absolute Gasteiger partial charge is 0.191 e. The van der Waals surface area contributed by atoms with Crippen molar-refractivity contribution in [2.45, 2.75) is 18.6 Å². The van der Waals surface area contributed by atoms with Gasteiger partial charge in [-0.15, -0.1) is 11.3 Å². The maximum atomic E-state index is 5.70. The average molecular weight is 267 g/mol. The Morgan fingerprint density at radius 3 is 2.94 bits per heavy atom. The fourth-order valence-electron chi connectivity index (χ4n) is 1.29. The second-order valence-corrected chi connectivity index (χ2v) is 5.09. The van der Waals surface area contributed by atoms with E-state index in [0.717, 1.165) is 11.5 Å². The molecule has 0 unspecified atom stereocenters. The van der Waals surface area contributed by atoms with Crippen LogP contribution in [-0.2, 0) is 6.54 Å². The number of aryl methyl sites for hydroxylation is 1. The van der Waals surface area contributed by atoms with E-state index >= 15 is 0 Å². The van der Waals surface area contributed by atoms with Gasteiger partial charge in [-0.2, -0.15) is 0 Å². The van der Waals surface area contributed by atoms with Crippen molar-refractivity contribution in [3.8, 4) is 0 Å². The molecule has 0 aliphatic rings. The molecule has 0 aliphatic heterocycles. The van der Waals surface area contributed by atoms with Crippen LogP contribution in [0.1, 0.15) is 10.6 Å². The summed E-state index contributed by atoms with van der Waals surface area (Å²) >= 11 is 3.10. The Morgan fingerprint density at radius 1 is 1.47 bits per heavy atom. The van der Waals surface area contributed by atoms with Gasteiger partial charge in [0.05, 0.1) is 17.7 Å². The lowest BCUT2D eigenvalue weighted by Gasteiger charge is -2.06. The van der Waals surface area contributed by atoms with Gasteiger partial charge >= 0.3 is 0 Å². The summed E-state index contributed by atoms with van der Waals surface area (Å²) < 4.78 is 0. The summed E-state index contributed by atoms with van der Waals surface area (Å²) in [7, 11) is 0. The number of aromatic nitrogens is 3. The number of anilines is 2. The molecule has 90 valence electrons. The Labute approximate surface area is 108 Å². The molecule has 2 aromatic heterocycles. The van der Waals surface area contributed by atoms with Crippen molar-refractivity contribution in [3.05, 3.63) is 22.1 Å². The summed E-state index contributed by atoms with van der Waals surface area (Å²) in [6, 6.07) is 1.73. The predicted octanol–water partition coefficient (Wildman–Crippen LogP) is 2.16. The van der Waals surface area contributed by atoms with Crippen molar-refractivity contribution in [3.63, 3.8) is 0 Å². The number of rotatable bonds is 4. The van der Waals surface area contributed by atoms with Crippen molar-refractivity contribution in [2.24, 2.45) is 0 Å². The second-order valence-electron chi connectivity index (χ2n) is 3.38. The monoisotopic (exact) mass is 267 g/mol. The Morgan fingerprint density at radius 2 is 2.29 bits per heavy atom. The molecule has 17 heavy (non-hydrogen) atoms. The van der Waals surface area contributed by atoms with Crippen molar-refractivity contribution < 1.29 is 0 Å². The molecule has 2 aromatic rings. The molecular weight excluding hydrogens is 254 g/mol. The topological polar surface area (TPSA) is 76.7 Å². The van der Waals surface area contributed by atoms with Crippen molar-refractivity contribution in [1.82, 2.24) is 15.0 Å². The minimum Gasteiger partial charge on any atom is -0.383 e. The van der Waals surface area contributed by atoms with Gasteiger partial charge < -0.3 is 11.1 Å². The van der Waals surface area contributed by atoms with Gasteiger partial charge in [-0.05, 0) is 13.2 Å². The van der Waals surface area contributed by atoms with Crippen LogP contribution < -0.4 is 11.1 Å². The summed E-state index contributed by atoms with van der Waals surface area (Å²) in [6.07, 6.45) is 1.92. The molecule has 7 heteroatoms. The first-order valence-electron chi connectivity index (χ1n) is 5.00. The van der Waals surface area contributed by atoms with Gasteiger partial charge in [0, 0.05) is 10.9 Å². The number of nitrogens with one attached hydrogen (secondary N) is 1. The van der Waals surface area contributed by atoms with Gasteiger partial charge in [0.15, 0.2) is 5.16 Å². The molecule has 0 saturated heterocycles. The number of thiazole rings is 1. The van der Waals surface area contributed by atoms with E-state index in [1.807, 2.05) is 18.7 Å². The van der Waals surface area contributed by atoms with Crippen LogP contribution in [0.5, 0.6) is 0 Å². The summed E-state index contributed by atoms with van der Waals surface area (Å²) in [4.78, 5) is 13.8. The maximum absolute atomic E-state index is 5.70. The molecule has 5 nitrogen and oxygen atoms in total. The number of nitrogens with zero attached hydrogens (tertiary/aromatic N) is 3. The SMILES string of the molecule is CSc1nc(N)cc(NCc2scnc2C)n1. The van der Waals surface area contributed by atoms with Gasteiger partial charge in [-0.25, -0.2) is 15.0 Å². The van der Waals surface area contributed by atoms with Crippen LogP contribution >= 0.6 is 23.1 Å². The Kier molecular flexibility index (Phi) is 3.80. The molecule has 2 rings (SSSR count). The van der Waals surface area contributed by atoms with E-state index in [-0.39, 0.29) is 0 Å². The van der Waals surface area contributed by atoms with Crippen LogP contribution in [0.4, 0.5) is 11.6 Å². The molecule has 0 spiro atoms. The van der Waals surface area contributed by atoms with Crippen LogP contribution in [0.3, 0.4) is 0 Å². The molecule has 0 saturated carbocycles. The number of nitrogen functional groups attached to an aromatic ring is 1. The van der Waals surface area contributed by atoms with Crippen molar-refractivity contribution >= 4 is 34.7 Å². The van der Waals surface area contributed by atoms with E-state index < -0.39 is 0 Å². The minimum atomic E-state index is 0.480. The quantitative estimate of drug-likeness (QED) is 0.653. The molecule has 0 aromatic carbocycles. The zero-order valence-corrected chi connectivity index (χ0v) is 11.2. The first-order chi connectivity index (χ1) is 8.19. The molecule has 0 radical (unpaired) electrons. The fraction of sp³-hybridized carbons (Fsp3) is 0.300. The number of hydrogen-bond donors (Lipinski definition) is 2. The highest BCUT2D eigenvalue weighted by atomic mass is 32.2. The van der Waals surface area contributed by atoms with Crippen molar-refractivity contribution in [1.29, 1.82) is 0 Å². The zero-order chi connectivity index (χ0) is 12.3. The average Bonchev–Trinajstić information content (AvgIpc) is 2.71. The van der Waals surface area contributed by atoms with Crippen LogP contribution in [0.25, 0.3) is 0 Å². The molecule has 0 amide bonds. The van der Waals surface area contributed by atoms with Gasteiger partial charge in [0.2, 0.25) is 0 Å². The van der Waals surface area contributed by atoms with E-state index in [4.69, 9.17) is 5.73 Å². The van der Waals surface area contributed by atoms with E-state index in [0.29, 0.717) is 17.5 Å². The molecule has 0 fully saturated rings. The van der Waals surface area contributed by atoms with Gasteiger partial charge in [0.25, 0.3) is 0 Å². The Hall–Kier alpha value is -1.34. The lowest BCUT2D eigenvalue weighted by atomic mass is 10.4. The predicted molar refractivity (Wildman–Crippen MR) is 72.4 cm³/mol. The van der Waals surface area contributed by atoms with Gasteiger partial charge in [-0.1, -0.05) is 11.8 Å². The number of hydrogen-bond acceptors (Lipinski definition) is 7. The third kappa shape index (κ3) is 3.07. The van der Waals surface area contributed by atoms with Crippen LogP contribution in [0.15, 0.2) is 16.7 Å². The molecule has 2 heterocycles.